The van der Waals surface area contributed by atoms with Gasteiger partial charge in [-0.3, -0.25) is 19.4 Å². The lowest BCUT2D eigenvalue weighted by Crippen LogP contribution is -2.26. The zero-order valence-electron chi connectivity index (χ0n) is 11.1. The summed E-state index contributed by atoms with van der Waals surface area (Å²) in [5.74, 6) is -0.275. The Morgan fingerprint density at radius 3 is 2.63 bits per heavy atom. The molecule has 7 heteroatoms. The first-order chi connectivity index (χ1) is 8.99. The minimum absolute atomic E-state index is 0.275. The Morgan fingerprint density at radius 2 is 2.11 bits per heavy atom. The molecule has 2 heterocycles. The molecule has 0 aromatic carbocycles. The Hall–Kier alpha value is -2.44. The van der Waals surface area contributed by atoms with Crippen LogP contribution in [0.5, 0.6) is 0 Å². The van der Waals surface area contributed by atoms with Gasteiger partial charge in [0.15, 0.2) is 0 Å². The van der Waals surface area contributed by atoms with E-state index in [1.165, 1.54) is 4.68 Å². The number of nitrogen functional groups attached to an aromatic ring is 1. The average molecular weight is 260 g/mol. The second-order valence-corrected chi connectivity index (χ2v) is 4.30. The van der Waals surface area contributed by atoms with Crippen LogP contribution in [0.25, 0.3) is 0 Å². The van der Waals surface area contributed by atoms with E-state index in [2.05, 4.69) is 20.4 Å². The Labute approximate surface area is 110 Å². The average Bonchev–Trinajstić information content (AvgIpc) is 2.62. The number of hydrogen-bond donors (Lipinski definition) is 2. The van der Waals surface area contributed by atoms with Crippen LogP contribution in [0, 0.1) is 13.8 Å². The summed E-state index contributed by atoms with van der Waals surface area (Å²) in [5.41, 5.74) is 8.75. The third-order valence-electron chi connectivity index (χ3n) is 2.75. The third-order valence-corrected chi connectivity index (χ3v) is 2.75. The van der Waals surface area contributed by atoms with Gasteiger partial charge in [0, 0.05) is 13.2 Å². The van der Waals surface area contributed by atoms with E-state index in [4.69, 9.17) is 5.73 Å². The molecule has 0 bridgehead atoms. The van der Waals surface area contributed by atoms with E-state index in [0.717, 1.165) is 5.69 Å². The van der Waals surface area contributed by atoms with Crippen LogP contribution in [0.3, 0.4) is 0 Å². The lowest BCUT2D eigenvalue weighted by atomic mass is 10.3. The predicted molar refractivity (Wildman–Crippen MR) is 70.3 cm³/mol. The SMILES string of the molecule is Cc1cnc(CNC(=O)c2c(N)c(C)nn2C)cn1. The molecule has 0 radical (unpaired) electrons. The molecule has 2 aromatic heterocycles. The van der Waals surface area contributed by atoms with Crippen LogP contribution in [0.15, 0.2) is 12.4 Å². The molecule has 0 aliphatic rings. The summed E-state index contributed by atoms with van der Waals surface area (Å²) < 4.78 is 1.47. The molecule has 1 amide bonds. The third kappa shape index (κ3) is 2.70. The topological polar surface area (TPSA) is 98.7 Å². The minimum atomic E-state index is -0.275. The van der Waals surface area contributed by atoms with Crippen LogP contribution in [-0.4, -0.2) is 25.7 Å². The summed E-state index contributed by atoms with van der Waals surface area (Å²) in [4.78, 5) is 20.3. The van der Waals surface area contributed by atoms with E-state index in [1.54, 1.807) is 26.4 Å². The van der Waals surface area contributed by atoms with Gasteiger partial charge in [0.2, 0.25) is 0 Å². The normalized spacial score (nSPS) is 10.5. The molecule has 0 unspecified atom stereocenters. The fourth-order valence-corrected chi connectivity index (χ4v) is 1.71. The van der Waals surface area contributed by atoms with Gasteiger partial charge in [-0.2, -0.15) is 5.10 Å². The summed E-state index contributed by atoms with van der Waals surface area (Å²) >= 11 is 0. The first-order valence-electron chi connectivity index (χ1n) is 5.84. The molecule has 0 atom stereocenters. The number of anilines is 1. The molecule has 2 aromatic rings. The second-order valence-electron chi connectivity index (χ2n) is 4.30. The van der Waals surface area contributed by atoms with Crippen molar-refractivity contribution in [2.75, 3.05) is 5.73 Å². The maximum atomic E-state index is 12.0. The van der Waals surface area contributed by atoms with Crippen molar-refractivity contribution < 1.29 is 4.79 Å². The van der Waals surface area contributed by atoms with Gasteiger partial charge in [0.1, 0.15) is 5.69 Å². The molecule has 19 heavy (non-hydrogen) atoms. The highest BCUT2D eigenvalue weighted by molar-refractivity contribution is 5.97. The molecule has 0 spiro atoms. The standard InChI is InChI=1S/C12H16N6O/c1-7-4-15-9(5-14-7)6-16-12(19)11-10(13)8(2)17-18(11)3/h4-5H,6,13H2,1-3H3,(H,16,19). The van der Waals surface area contributed by atoms with Crippen molar-refractivity contribution in [3.05, 3.63) is 35.2 Å². The number of aryl methyl sites for hydroxylation is 3. The molecular weight excluding hydrogens is 244 g/mol. The summed E-state index contributed by atoms with van der Waals surface area (Å²) in [5, 5.41) is 6.85. The number of rotatable bonds is 3. The Morgan fingerprint density at radius 1 is 1.37 bits per heavy atom. The number of hydrogen-bond acceptors (Lipinski definition) is 5. The largest absolute Gasteiger partial charge is 0.395 e. The van der Waals surface area contributed by atoms with Crippen molar-refractivity contribution >= 4 is 11.6 Å². The first kappa shape index (κ1) is 13.0. The molecule has 0 saturated heterocycles. The summed E-state index contributed by atoms with van der Waals surface area (Å²) in [7, 11) is 1.68. The molecule has 100 valence electrons. The summed E-state index contributed by atoms with van der Waals surface area (Å²) in [6.07, 6.45) is 3.29. The highest BCUT2D eigenvalue weighted by atomic mass is 16.2. The number of nitrogens with zero attached hydrogens (tertiary/aromatic N) is 4. The molecule has 2 rings (SSSR count). The van der Waals surface area contributed by atoms with Gasteiger partial charge in [-0.25, -0.2) is 0 Å². The Kier molecular flexibility index (Phi) is 3.46. The monoisotopic (exact) mass is 260 g/mol. The van der Waals surface area contributed by atoms with E-state index in [1.807, 2.05) is 6.92 Å². The summed E-state index contributed by atoms with van der Waals surface area (Å²) in [6.45, 7) is 3.92. The number of amides is 1. The molecule has 3 N–H and O–H groups in total. The van der Waals surface area contributed by atoms with Crippen LogP contribution in [0.2, 0.25) is 0 Å². The van der Waals surface area contributed by atoms with Gasteiger partial charge in [-0.05, 0) is 13.8 Å². The van der Waals surface area contributed by atoms with Gasteiger partial charge in [-0.15, -0.1) is 0 Å². The maximum absolute atomic E-state index is 12.0. The zero-order chi connectivity index (χ0) is 14.0. The van der Waals surface area contributed by atoms with E-state index in [9.17, 15) is 4.79 Å². The maximum Gasteiger partial charge on any atom is 0.272 e. The summed E-state index contributed by atoms with van der Waals surface area (Å²) in [6, 6.07) is 0. The molecule has 0 saturated carbocycles. The lowest BCUT2D eigenvalue weighted by molar-refractivity contribution is 0.0942. The number of nitrogens with two attached hydrogens (primary N) is 1. The Bertz CT molecular complexity index is 601. The van der Waals surface area contributed by atoms with Crippen LogP contribution < -0.4 is 11.1 Å². The van der Waals surface area contributed by atoms with Crippen LogP contribution in [-0.2, 0) is 13.6 Å². The van der Waals surface area contributed by atoms with E-state index < -0.39 is 0 Å². The number of carbonyl (C=O) groups excluding carboxylic acids is 1. The second kappa shape index (κ2) is 5.05. The van der Waals surface area contributed by atoms with Gasteiger partial charge >= 0.3 is 0 Å². The fraction of sp³-hybridized carbons (Fsp3) is 0.333. The number of carbonyl (C=O) groups is 1. The van der Waals surface area contributed by atoms with Crippen molar-refractivity contribution in [2.24, 2.45) is 7.05 Å². The van der Waals surface area contributed by atoms with E-state index in [-0.39, 0.29) is 5.91 Å². The van der Waals surface area contributed by atoms with Gasteiger partial charge in [0.25, 0.3) is 5.91 Å². The minimum Gasteiger partial charge on any atom is -0.395 e. The van der Waals surface area contributed by atoms with Crippen molar-refractivity contribution in [2.45, 2.75) is 20.4 Å². The van der Waals surface area contributed by atoms with E-state index in [0.29, 0.717) is 29.3 Å². The van der Waals surface area contributed by atoms with Crippen LogP contribution in [0.1, 0.15) is 27.6 Å². The molecule has 0 aliphatic heterocycles. The smallest absolute Gasteiger partial charge is 0.272 e. The van der Waals surface area contributed by atoms with Crippen LogP contribution >= 0.6 is 0 Å². The quantitative estimate of drug-likeness (QED) is 0.829. The van der Waals surface area contributed by atoms with Crippen molar-refractivity contribution in [1.29, 1.82) is 0 Å². The fourth-order valence-electron chi connectivity index (χ4n) is 1.71. The van der Waals surface area contributed by atoms with E-state index >= 15 is 0 Å². The molecule has 0 aliphatic carbocycles. The zero-order valence-corrected chi connectivity index (χ0v) is 11.1. The molecular formula is C12H16N6O. The van der Waals surface area contributed by atoms with Gasteiger partial charge in [0.05, 0.1) is 35.5 Å². The number of nitrogens with one attached hydrogen (secondary N) is 1. The number of aromatic nitrogens is 4. The highest BCUT2D eigenvalue weighted by Crippen LogP contribution is 2.14. The predicted octanol–water partition coefficient (Wildman–Crippen LogP) is 0.339. The van der Waals surface area contributed by atoms with Gasteiger partial charge in [-0.1, -0.05) is 0 Å². The first-order valence-corrected chi connectivity index (χ1v) is 5.84. The van der Waals surface area contributed by atoms with Crippen LogP contribution in [0.4, 0.5) is 5.69 Å². The Balaban J connectivity index is 2.07. The molecule has 0 fully saturated rings. The van der Waals surface area contributed by atoms with Crippen molar-refractivity contribution in [1.82, 2.24) is 25.1 Å². The molecule has 7 nitrogen and oxygen atoms in total. The van der Waals surface area contributed by atoms with Gasteiger partial charge < -0.3 is 11.1 Å². The van der Waals surface area contributed by atoms with Crippen molar-refractivity contribution in [3.63, 3.8) is 0 Å². The van der Waals surface area contributed by atoms with Crippen molar-refractivity contribution in [3.8, 4) is 0 Å². The highest BCUT2D eigenvalue weighted by Gasteiger charge is 2.17. The lowest BCUT2D eigenvalue weighted by Gasteiger charge is -2.05.